The van der Waals surface area contributed by atoms with Crippen molar-refractivity contribution in [2.45, 2.75) is 51.7 Å². The summed E-state index contributed by atoms with van der Waals surface area (Å²) in [5.74, 6) is 1.75. The van der Waals surface area contributed by atoms with Crippen molar-refractivity contribution < 1.29 is 23.4 Å². The van der Waals surface area contributed by atoms with Gasteiger partial charge in [0.15, 0.2) is 3.83 Å². The summed E-state index contributed by atoms with van der Waals surface area (Å²) in [6.07, 6.45) is 8.18. The zero-order chi connectivity index (χ0) is 32.4. The van der Waals surface area contributed by atoms with Gasteiger partial charge in [0, 0.05) is 95.7 Å². The van der Waals surface area contributed by atoms with Crippen molar-refractivity contribution in [3.8, 4) is 28.5 Å². The highest BCUT2D eigenvalue weighted by atomic mass is 127. The Bertz CT molecular complexity index is 1860. The first-order chi connectivity index (χ1) is 22.0. The van der Waals surface area contributed by atoms with Gasteiger partial charge < -0.3 is 24.8 Å². The molecule has 238 valence electrons. The van der Waals surface area contributed by atoms with Crippen LogP contribution in [-0.4, -0.2) is 54.0 Å². The van der Waals surface area contributed by atoms with Gasteiger partial charge in [-0.1, -0.05) is 0 Å². The Hall–Kier alpha value is -4.53. The van der Waals surface area contributed by atoms with Gasteiger partial charge in [0.05, 0.1) is 0 Å². The maximum atomic E-state index is 14.4. The molecule has 0 aliphatic carbocycles. The lowest BCUT2D eigenvalue weighted by Gasteiger charge is -2.33. The molecule has 3 aromatic heterocycles. The second-order valence-electron chi connectivity index (χ2n) is 12.0. The monoisotopic (exact) mass is 737 g/mol. The third kappa shape index (κ3) is 7.30. The first-order valence-electron chi connectivity index (χ1n) is 14.8. The third-order valence-electron chi connectivity index (χ3n) is 7.34. The largest absolute Gasteiger partial charge is 0.489 e. The van der Waals surface area contributed by atoms with Crippen LogP contribution in [0.4, 0.5) is 15.0 Å². The lowest BCUT2D eigenvalue weighted by atomic mass is 9.97. The predicted octanol–water partition coefficient (Wildman–Crippen LogP) is 7.00. The summed E-state index contributed by atoms with van der Waals surface area (Å²) in [5.41, 5.74) is 8.72. The number of hydrogen-bond donors (Lipinski definition) is 1. The molecule has 0 spiro atoms. The predicted molar refractivity (Wildman–Crippen MR) is 178 cm³/mol. The third-order valence-corrected chi connectivity index (χ3v) is 7.89. The molecule has 0 unspecified atom stereocenters. The molecule has 0 radical (unpaired) electrons. The molecular weight excluding hydrogens is 704 g/mol. The number of fused-ring (bicyclic) bond motifs is 1. The van der Waals surface area contributed by atoms with Crippen LogP contribution in [0.1, 0.15) is 50.9 Å². The fraction of sp³-hybridized carbons (Fsp3) is 0.303. The maximum absolute atomic E-state index is 14.4. The molecule has 4 heterocycles. The second-order valence-corrected chi connectivity index (χ2v) is 13.0. The number of nitrogen functional groups attached to an aromatic ring is 1. The summed E-state index contributed by atoms with van der Waals surface area (Å²) in [7, 11) is 0. The van der Waals surface area contributed by atoms with E-state index in [0.717, 1.165) is 29.8 Å². The number of aromatic nitrogens is 5. The van der Waals surface area contributed by atoms with Crippen LogP contribution in [0.3, 0.4) is 0 Å². The Morgan fingerprint density at radius 2 is 1.80 bits per heavy atom. The SMILES string of the molecule is CC(C)(C)OC(=O)N1CCC[C@@H](c2nc(-c3ccc(Oc4cc(F)cc(OCc5cnc(I)nc5)c4)cc3)c3c(N)nccn23)C1. The van der Waals surface area contributed by atoms with E-state index in [-0.39, 0.29) is 24.4 Å². The van der Waals surface area contributed by atoms with Crippen LogP contribution in [0.5, 0.6) is 17.2 Å². The number of nitrogens with zero attached hydrogens (tertiary/aromatic N) is 6. The Labute approximate surface area is 279 Å². The zero-order valence-corrected chi connectivity index (χ0v) is 27.8. The van der Waals surface area contributed by atoms with E-state index < -0.39 is 11.4 Å². The van der Waals surface area contributed by atoms with Gasteiger partial charge in [0.25, 0.3) is 0 Å². The summed E-state index contributed by atoms with van der Waals surface area (Å²) < 4.78 is 34.4. The van der Waals surface area contributed by atoms with Gasteiger partial charge in [-0.25, -0.2) is 29.1 Å². The number of hydrogen-bond acceptors (Lipinski definition) is 9. The maximum Gasteiger partial charge on any atom is 0.410 e. The van der Waals surface area contributed by atoms with Gasteiger partial charge in [-0.05, 0) is 57.9 Å². The first-order valence-corrected chi connectivity index (χ1v) is 15.9. The van der Waals surface area contributed by atoms with E-state index >= 15 is 0 Å². The highest BCUT2D eigenvalue weighted by Crippen LogP contribution is 2.35. The number of likely N-dealkylation sites (tertiary alicyclic amines) is 1. The van der Waals surface area contributed by atoms with Crippen molar-refractivity contribution >= 4 is 40.0 Å². The summed E-state index contributed by atoms with van der Waals surface area (Å²) in [6, 6.07) is 11.5. The van der Waals surface area contributed by atoms with E-state index in [1.165, 1.54) is 12.1 Å². The number of carbonyl (C=O) groups excluding carboxylic acids is 1. The molecular formula is C33H33FIN7O4. The number of amides is 1. The van der Waals surface area contributed by atoms with Crippen molar-refractivity contribution in [1.82, 2.24) is 29.2 Å². The Kier molecular flexibility index (Phi) is 8.93. The van der Waals surface area contributed by atoms with Gasteiger partial charge >= 0.3 is 6.09 Å². The molecule has 1 aliphatic rings. The topological polar surface area (TPSA) is 130 Å². The molecule has 1 amide bonds. The quantitative estimate of drug-likeness (QED) is 0.139. The number of ether oxygens (including phenoxy) is 3. The molecule has 2 N–H and O–H groups in total. The van der Waals surface area contributed by atoms with Crippen molar-refractivity contribution in [2.24, 2.45) is 0 Å². The van der Waals surface area contributed by atoms with Crippen LogP contribution < -0.4 is 15.2 Å². The van der Waals surface area contributed by atoms with Gasteiger partial charge in [-0.2, -0.15) is 0 Å². The van der Waals surface area contributed by atoms with E-state index in [2.05, 4.69) is 15.0 Å². The number of halogens is 2. The molecule has 46 heavy (non-hydrogen) atoms. The van der Waals surface area contributed by atoms with Crippen molar-refractivity contribution in [3.05, 3.63) is 88.3 Å². The van der Waals surface area contributed by atoms with Gasteiger partial charge in [0.2, 0.25) is 0 Å². The number of piperidine rings is 1. The van der Waals surface area contributed by atoms with Crippen LogP contribution in [0.25, 0.3) is 16.8 Å². The summed E-state index contributed by atoms with van der Waals surface area (Å²) in [6.45, 7) is 6.89. The average Bonchev–Trinajstić information content (AvgIpc) is 3.41. The number of nitrogens with two attached hydrogens (primary N) is 1. The smallest absolute Gasteiger partial charge is 0.410 e. The van der Waals surface area contributed by atoms with Crippen LogP contribution in [0, 0.1) is 9.65 Å². The second kappa shape index (κ2) is 13.1. The molecule has 1 fully saturated rings. The van der Waals surface area contributed by atoms with E-state index in [1.54, 1.807) is 41.7 Å². The number of imidazole rings is 1. The van der Waals surface area contributed by atoms with Crippen LogP contribution in [0.2, 0.25) is 0 Å². The summed E-state index contributed by atoms with van der Waals surface area (Å²) in [5, 5.41) is 0. The average molecular weight is 738 g/mol. The minimum Gasteiger partial charge on any atom is -0.489 e. The van der Waals surface area contributed by atoms with Gasteiger partial charge in [0.1, 0.15) is 58.1 Å². The number of anilines is 1. The lowest BCUT2D eigenvalue weighted by molar-refractivity contribution is 0.0195. The molecule has 0 saturated carbocycles. The molecule has 13 heteroatoms. The molecule has 6 rings (SSSR count). The van der Waals surface area contributed by atoms with Gasteiger partial charge in [-0.15, -0.1) is 0 Å². The molecule has 1 atom stereocenters. The molecule has 2 aromatic carbocycles. The van der Waals surface area contributed by atoms with Crippen LogP contribution in [0.15, 0.2) is 67.3 Å². The molecule has 1 aliphatic heterocycles. The molecule has 11 nitrogen and oxygen atoms in total. The lowest BCUT2D eigenvalue weighted by Crippen LogP contribution is -2.42. The van der Waals surface area contributed by atoms with Crippen molar-refractivity contribution in [1.29, 1.82) is 0 Å². The summed E-state index contributed by atoms with van der Waals surface area (Å²) >= 11 is 2.02. The Morgan fingerprint density at radius 3 is 2.54 bits per heavy atom. The number of benzene rings is 2. The minimum absolute atomic E-state index is 0.0190. The first kappa shape index (κ1) is 31.5. The molecule has 5 aromatic rings. The number of rotatable bonds is 7. The van der Waals surface area contributed by atoms with E-state index in [0.29, 0.717) is 45.4 Å². The highest BCUT2D eigenvalue weighted by Gasteiger charge is 2.31. The summed E-state index contributed by atoms with van der Waals surface area (Å²) in [4.78, 5) is 32.2. The standard InChI is InChI=1S/C33H33FIN7O4/c1-33(2,3)46-32(43)41-11-4-5-22(18-41)30-40-27(28-29(36)37-10-12-42(28)30)21-6-8-24(9-7-21)45-26-14-23(34)13-25(15-26)44-19-20-16-38-31(35)39-17-20/h6-10,12-17,22H,4-5,11,18-19H2,1-3H3,(H2,36,37)/t22-/m1/s1. The zero-order valence-electron chi connectivity index (χ0n) is 25.6. The molecule has 0 bridgehead atoms. The number of carbonyl (C=O) groups is 1. The highest BCUT2D eigenvalue weighted by molar-refractivity contribution is 14.1. The Balaban J connectivity index is 1.21. The fourth-order valence-electron chi connectivity index (χ4n) is 5.33. The van der Waals surface area contributed by atoms with E-state index in [4.69, 9.17) is 24.9 Å². The van der Waals surface area contributed by atoms with Crippen molar-refractivity contribution in [3.63, 3.8) is 0 Å². The van der Waals surface area contributed by atoms with E-state index in [9.17, 15) is 9.18 Å². The van der Waals surface area contributed by atoms with Gasteiger partial charge in [-0.3, -0.25) is 4.40 Å². The Morgan fingerprint density at radius 1 is 1.07 bits per heavy atom. The minimum atomic E-state index is -0.574. The van der Waals surface area contributed by atoms with Crippen molar-refractivity contribution in [2.75, 3.05) is 18.8 Å². The van der Waals surface area contributed by atoms with Crippen LogP contribution in [-0.2, 0) is 11.3 Å². The normalized spacial score (nSPS) is 15.2. The van der Waals surface area contributed by atoms with Crippen LogP contribution >= 0.6 is 22.6 Å². The fourth-order valence-corrected chi connectivity index (χ4v) is 5.61. The van der Waals surface area contributed by atoms with E-state index in [1.807, 2.05) is 66.1 Å². The molecule has 1 saturated heterocycles.